The third-order valence-corrected chi connectivity index (χ3v) is 5.47. The van der Waals surface area contributed by atoms with Crippen molar-refractivity contribution in [3.05, 3.63) is 24.3 Å². The van der Waals surface area contributed by atoms with Crippen LogP contribution in [0, 0.1) is 0 Å². The van der Waals surface area contributed by atoms with Crippen molar-refractivity contribution < 1.29 is 13.2 Å². The summed E-state index contributed by atoms with van der Waals surface area (Å²) in [6, 6.07) is 7.14. The first-order valence-electron chi connectivity index (χ1n) is 7.31. The molecule has 112 valence electrons. The Labute approximate surface area is 121 Å². The van der Waals surface area contributed by atoms with Crippen LogP contribution in [0.4, 0.5) is 5.69 Å². The highest BCUT2D eigenvalue weighted by Gasteiger charge is 2.18. The van der Waals surface area contributed by atoms with Crippen molar-refractivity contribution in [1.29, 1.82) is 0 Å². The van der Waals surface area contributed by atoms with Crippen molar-refractivity contribution >= 4 is 15.5 Å². The van der Waals surface area contributed by atoms with Crippen LogP contribution < -0.4 is 5.32 Å². The summed E-state index contributed by atoms with van der Waals surface area (Å²) in [7, 11) is -3.18. The van der Waals surface area contributed by atoms with E-state index in [1.54, 1.807) is 12.1 Å². The fourth-order valence-corrected chi connectivity index (χ4v) is 4.02. The van der Waals surface area contributed by atoms with E-state index in [2.05, 4.69) is 5.32 Å². The van der Waals surface area contributed by atoms with Crippen LogP contribution >= 0.6 is 0 Å². The van der Waals surface area contributed by atoms with E-state index in [0.717, 1.165) is 32.4 Å². The molecule has 0 aliphatic carbocycles. The minimum atomic E-state index is -3.18. The molecular weight excluding hydrogens is 274 g/mol. The van der Waals surface area contributed by atoms with Gasteiger partial charge >= 0.3 is 0 Å². The zero-order chi connectivity index (χ0) is 14.4. The molecule has 0 amide bonds. The number of para-hydroxylation sites is 1. The zero-order valence-corrected chi connectivity index (χ0v) is 12.8. The van der Waals surface area contributed by atoms with Crippen LogP contribution in [0.1, 0.15) is 32.6 Å². The first-order valence-corrected chi connectivity index (χ1v) is 8.96. The van der Waals surface area contributed by atoms with Crippen molar-refractivity contribution in [2.45, 2.75) is 43.6 Å². The summed E-state index contributed by atoms with van der Waals surface area (Å²) in [5.41, 5.74) is 0.707. The largest absolute Gasteiger partial charge is 0.384 e. The van der Waals surface area contributed by atoms with Gasteiger partial charge < -0.3 is 10.1 Å². The second kappa shape index (κ2) is 7.09. The average Bonchev–Trinajstić information content (AvgIpc) is 2.92. The lowest BCUT2D eigenvalue weighted by atomic mass is 10.2. The molecule has 1 aliphatic heterocycles. The number of nitrogens with one attached hydrogen (secondary N) is 1. The Bertz CT molecular complexity index is 522. The number of rotatable bonds is 7. The summed E-state index contributed by atoms with van der Waals surface area (Å²) in [5.74, 6) is 0.192. The van der Waals surface area contributed by atoms with E-state index < -0.39 is 9.84 Å². The quantitative estimate of drug-likeness (QED) is 0.841. The molecule has 1 N–H and O–H groups in total. The van der Waals surface area contributed by atoms with Gasteiger partial charge in [0.2, 0.25) is 0 Å². The summed E-state index contributed by atoms with van der Waals surface area (Å²) >= 11 is 0. The molecule has 1 unspecified atom stereocenters. The normalized spacial score (nSPS) is 19.1. The maximum absolute atomic E-state index is 12.2. The third-order valence-electron chi connectivity index (χ3n) is 3.50. The molecule has 4 nitrogen and oxygen atoms in total. The smallest absolute Gasteiger partial charge is 0.180 e. The maximum atomic E-state index is 12.2. The summed E-state index contributed by atoms with van der Waals surface area (Å²) in [5, 5.41) is 3.25. The van der Waals surface area contributed by atoms with E-state index in [1.807, 2.05) is 19.1 Å². The molecule has 0 radical (unpaired) electrons. The van der Waals surface area contributed by atoms with Gasteiger partial charge in [-0.15, -0.1) is 0 Å². The molecule has 1 aliphatic rings. The van der Waals surface area contributed by atoms with E-state index in [0.29, 0.717) is 23.1 Å². The number of ether oxygens (including phenoxy) is 1. The standard InChI is InChI=1S/C15H23NO3S/c1-2-12-20(17,18)15-8-4-3-7-14(15)16-10-9-13-6-5-11-19-13/h3-4,7-8,13,16H,2,5-6,9-12H2,1H3. The minimum Gasteiger partial charge on any atom is -0.384 e. The monoisotopic (exact) mass is 297 g/mol. The molecule has 2 rings (SSSR count). The lowest BCUT2D eigenvalue weighted by Gasteiger charge is -2.14. The Balaban J connectivity index is 2.00. The first-order chi connectivity index (χ1) is 9.63. The lowest BCUT2D eigenvalue weighted by Crippen LogP contribution is -2.15. The predicted molar refractivity (Wildman–Crippen MR) is 80.9 cm³/mol. The third kappa shape index (κ3) is 3.96. The number of sulfone groups is 1. The Morgan fingerprint density at radius 2 is 2.15 bits per heavy atom. The van der Waals surface area contributed by atoms with E-state index in [1.165, 1.54) is 0 Å². The van der Waals surface area contributed by atoms with E-state index in [4.69, 9.17) is 4.74 Å². The molecule has 1 saturated heterocycles. The fourth-order valence-electron chi connectivity index (χ4n) is 2.50. The maximum Gasteiger partial charge on any atom is 0.180 e. The van der Waals surface area contributed by atoms with Gasteiger partial charge in [0.05, 0.1) is 22.4 Å². The summed E-state index contributed by atoms with van der Waals surface area (Å²) in [4.78, 5) is 0.411. The van der Waals surface area contributed by atoms with E-state index in [-0.39, 0.29) is 5.75 Å². The summed E-state index contributed by atoms with van der Waals surface area (Å²) < 4.78 is 30.0. The van der Waals surface area contributed by atoms with E-state index in [9.17, 15) is 8.42 Å². The summed E-state index contributed by atoms with van der Waals surface area (Å²) in [6.07, 6.45) is 4.11. The molecule has 1 atom stereocenters. The highest BCUT2D eigenvalue weighted by molar-refractivity contribution is 7.91. The molecular formula is C15H23NO3S. The molecule has 1 aromatic carbocycles. The minimum absolute atomic E-state index is 0.192. The molecule has 5 heteroatoms. The van der Waals surface area contributed by atoms with Crippen LogP contribution in [0.5, 0.6) is 0 Å². The number of anilines is 1. The van der Waals surface area contributed by atoms with Gasteiger partial charge in [-0.2, -0.15) is 0 Å². The van der Waals surface area contributed by atoms with Crippen LogP contribution in [0.2, 0.25) is 0 Å². The van der Waals surface area contributed by atoms with Crippen LogP contribution in [0.3, 0.4) is 0 Å². The zero-order valence-electron chi connectivity index (χ0n) is 12.0. The van der Waals surface area contributed by atoms with E-state index >= 15 is 0 Å². The van der Waals surface area contributed by atoms with Gasteiger partial charge in [-0.25, -0.2) is 8.42 Å². The molecule has 0 saturated carbocycles. The van der Waals surface area contributed by atoms with Gasteiger partial charge in [0.15, 0.2) is 9.84 Å². The van der Waals surface area contributed by atoms with Gasteiger partial charge in [0.25, 0.3) is 0 Å². The summed E-state index contributed by atoms with van der Waals surface area (Å²) in [6.45, 7) is 3.47. The second-order valence-electron chi connectivity index (χ2n) is 5.17. The van der Waals surface area contributed by atoms with Crippen molar-refractivity contribution in [2.75, 3.05) is 24.2 Å². The highest BCUT2D eigenvalue weighted by atomic mass is 32.2. The van der Waals surface area contributed by atoms with Crippen LogP contribution in [-0.2, 0) is 14.6 Å². The Morgan fingerprint density at radius 1 is 1.35 bits per heavy atom. The predicted octanol–water partition coefficient (Wildman–Crippen LogP) is 2.85. The van der Waals surface area contributed by atoms with Crippen molar-refractivity contribution in [2.24, 2.45) is 0 Å². The Hall–Kier alpha value is -1.07. The molecule has 0 bridgehead atoms. The van der Waals surface area contributed by atoms with Gasteiger partial charge in [0, 0.05) is 13.2 Å². The number of hydrogen-bond acceptors (Lipinski definition) is 4. The Morgan fingerprint density at radius 3 is 2.85 bits per heavy atom. The average molecular weight is 297 g/mol. The molecule has 0 aromatic heterocycles. The second-order valence-corrected chi connectivity index (χ2v) is 7.24. The molecule has 1 aromatic rings. The molecule has 1 heterocycles. The number of benzene rings is 1. The molecule has 20 heavy (non-hydrogen) atoms. The van der Waals surface area contributed by atoms with Crippen molar-refractivity contribution in [3.63, 3.8) is 0 Å². The first kappa shape index (κ1) is 15.3. The van der Waals surface area contributed by atoms with Gasteiger partial charge in [-0.3, -0.25) is 0 Å². The van der Waals surface area contributed by atoms with Gasteiger partial charge in [-0.05, 0) is 37.8 Å². The Kier molecular flexibility index (Phi) is 5.43. The van der Waals surface area contributed by atoms with Crippen LogP contribution in [-0.4, -0.2) is 33.4 Å². The topological polar surface area (TPSA) is 55.4 Å². The van der Waals surface area contributed by atoms with Crippen LogP contribution in [0.15, 0.2) is 29.2 Å². The highest BCUT2D eigenvalue weighted by Crippen LogP contribution is 2.23. The van der Waals surface area contributed by atoms with Gasteiger partial charge in [-0.1, -0.05) is 19.1 Å². The lowest BCUT2D eigenvalue weighted by molar-refractivity contribution is 0.107. The molecule has 0 spiro atoms. The van der Waals surface area contributed by atoms with Crippen molar-refractivity contribution in [1.82, 2.24) is 0 Å². The number of hydrogen-bond donors (Lipinski definition) is 1. The van der Waals surface area contributed by atoms with Crippen molar-refractivity contribution in [3.8, 4) is 0 Å². The SMILES string of the molecule is CCCS(=O)(=O)c1ccccc1NCCC1CCCO1. The van der Waals surface area contributed by atoms with Gasteiger partial charge in [0.1, 0.15) is 0 Å². The van der Waals surface area contributed by atoms with Crippen LogP contribution in [0.25, 0.3) is 0 Å². The molecule has 1 fully saturated rings. The fraction of sp³-hybridized carbons (Fsp3) is 0.600.